The number of benzene rings is 2. The van der Waals surface area contributed by atoms with Gasteiger partial charge in [-0.05, 0) is 47.9 Å². The van der Waals surface area contributed by atoms with Crippen LogP contribution in [0.5, 0.6) is 5.75 Å². The molecule has 0 fully saturated rings. The van der Waals surface area contributed by atoms with Gasteiger partial charge in [0.2, 0.25) is 0 Å². The van der Waals surface area contributed by atoms with Crippen LogP contribution < -0.4 is 15.8 Å². The van der Waals surface area contributed by atoms with Crippen LogP contribution in [0.3, 0.4) is 0 Å². The van der Waals surface area contributed by atoms with Crippen LogP contribution in [0, 0.1) is 0 Å². The molecule has 4 nitrogen and oxygen atoms in total. The maximum atomic E-state index is 6.18. The van der Waals surface area contributed by atoms with Crippen molar-refractivity contribution in [2.45, 2.75) is 0 Å². The molecular formula is C16H14ClN3O. The summed E-state index contributed by atoms with van der Waals surface area (Å²) < 4.78 is 5.24. The van der Waals surface area contributed by atoms with E-state index in [0.29, 0.717) is 10.7 Å². The average molecular weight is 300 g/mol. The number of anilines is 3. The summed E-state index contributed by atoms with van der Waals surface area (Å²) in [5.41, 5.74) is 7.17. The number of rotatable bonds is 3. The van der Waals surface area contributed by atoms with Crippen molar-refractivity contribution in [3.8, 4) is 5.75 Å². The van der Waals surface area contributed by atoms with Crippen molar-refractivity contribution in [2.75, 3.05) is 18.2 Å². The summed E-state index contributed by atoms with van der Waals surface area (Å²) in [6.45, 7) is 0. The summed E-state index contributed by atoms with van der Waals surface area (Å²) in [5.74, 6) is 1.53. The van der Waals surface area contributed by atoms with Crippen LogP contribution in [0.2, 0.25) is 5.02 Å². The van der Waals surface area contributed by atoms with E-state index in [1.165, 1.54) is 0 Å². The van der Waals surface area contributed by atoms with E-state index in [1.807, 2.05) is 24.3 Å². The summed E-state index contributed by atoms with van der Waals surface area (Å²) in [4.78, 5) is 4.38. The highest BCUT2D eigenvalue weighted by Crippen LogP contribution is 2.31. The van der Waals surface area contributed by atoms with Crippen molar-refractivity contribution in [2.24, 2.45) is 0 Å². The number of halogens is 1. The quantitative estimate of drug-likeness (QED) is 0.711. The van der Waals surface area contributed by atoms with Gasteiger partial charge in [0.05, 0.1) is 17.8 Å². The van der Waals surface area contributed by atoms with E-state index in [1.54, 1.807) is 31.5 Å². The normalized spacial score (nSPS) is 10.6. The van der Waals surface area contributed by atoms with Crippen molar-refractivity contribution >= 4 is 39.6 Å². The van der Waals surface area contributed by atoms with Crippen LogP contribution in [0.4, 0.5) is 17.2 Å². The van der Waals surface area contributed by atoms with Crippen molar-refractivity contribution in [1.82, 2.24) is 4.98 Å². The first kappa shape index (κ1) is 13.5. The second-order valence-electron chi connectivity index (χ2n) is 4.61. The lowest BCUT2D eigenvalue weighted by Crippen LogP contribution is -1.97. The van der Waals surface area contributed by atoms with E-state index in [4.69, 9.17) is 22.1 Å². The Bertz CT molecular complexity index is 805. The summed E-state index contributed by atoms with van der Waals surface area (Å²) in [6.07, 6.45) is 1.74. The molecule has 21 heavy (non-hydrogen) atoms. The zero-order chi connectivity index (χ0) is 14.8. The zero-order valence-electron chi connectivity index (χ0n) is 11.4. The minimum absolute atomic E-state index is 0.594. The Morgan fingerprint density at radius 1 is 1.14 bits per heavy atom. The number of nitrogens with zero attached hydrogens (tertiary/aromatic N) is 1. The fraction of sp³-hybridized carbons (Fsp3) is 0.0625. The van der Waals surface area contributed by atoms with Crippen molar-refractivity contribution in [3.63, 3.8) is 0 Å². The third kappa shape index (κ3) is 2.71. The highest BCUT2D eigenvalue weighted by atomic mass is 35.5. The van der Waals surface area contributed by atoms with E-state index >= 15 is 0 Å². The zero-order valence-corrected chi connectivity index (χ0v) is 12.2. The van der Waals surface area contributed by atoms with Gasteiger partial charge in [-0.2, -0.15) is 0 Å². The second-order valence-corrected chi connectivity index (χ2v) is 5.02. The predicted octanol–water partition coefficient (Wildman–Crippen LogP) is 4.22. The maximum absolute atomic E-state index is 6.18. The van der Waals surface area contributed by atoms with Crippen LogP contribution in [0.25, 0.3) is 10.8 Å². The molecule has 0 saturated heterocycles. The van der Waals surface area contributed by atoms with Gasteiger partial charge in [0.15, 0.2) is 0 Å². The summed E-state index contributed by atoms with van der Waals surface area (Å²) >= 11 is 6.18. The molecular weight excluding hydrogens is 286 g/mol. The standard InChI is InChI=1S/C16H14ClN3O/c1-21-12-3-4-13-10(8-12)6-7-19-16(13)20-15-9-11(18)2-5-14(15)17/h2-9H,18H2,1H3,(H,19,20). The first-order valence-electron chi connectivity index (χ1n) is 6.42. The van der Waals surface area contributed by atoms with Gasteiger partial charge < -0.3 is 15.8 Å². The molecule has 1 heterocycles. The highest BCUT2D eigenvalue weighted by Gasteiger charge is 2.07. The molecule has 2 aromatic carbocycles. The van der Waals surface area contributed by atoms with Gasteiger partial charge in [-0.15, -0.1) is 0 Å². The molecule has 3 rings (SSSR count). The summed E-state index contributed by atoms with van der Waals surface area (Å²) in [7, 11) is 1.65. The molecule has 0 atom stereocenters. The first-order chi connectivity index (χ1) is 10.2. The number of nitrogen functional groups attached to an aromatic ring is 1. The van der Waals surface area contributed by atoms with Crippen molar-refractivity contribution in [1.29, 1.82) is 0 Å². The minimum atomic E-state index is 0.594. The van der Waals surface area contributed by atoms with E-state index in [0.717, 1.165) is 28.0 Å². The molecule has 0 aliphatic rings. The van der Waals surface area contributed by atoms with Crippen molar-refractivity contribution in [3.05, 3.63) is 53.7 Å². The molecule has 0 saturated carbocycles. The molecule has 1 aromatic heterocycles. The SMILES string of the molecule is COc1ccc2c(Nc3cc(N)ccc3Cl)nccc2c1. The Kier molecular flexibility index (Phi) is 3.54. The summed E-state index contributed by atoms with van der Waals surface area (Å²) in [6, 6.07) is 13.1. The van der Waals surface area contributed by atoms with Crippen LogP contribution in [-0.4, -0.2) is 12.1 Å². The smallest absolute Gasteiger partial charge is 0.138 e. The Hall–Kier alpha value is -2.46. The van der Waals surface area contributed by atoms with Gasteiger partial charge in [-0.3, -0.25) is 0 Å². The molecule has 0 aliphatic heterocycles. The molecule has 5 heteroatoms. The van der Waals surface area contributed by atoms with Gasteiger partial charge in [0.1, 0.15) is 11.6 Å². The van der Waals surface area contributed by atoms with Gasteiger partial charge in [-0.25, -0.2) is 4.98 Å². The molecule has 0 radical (unpaired) electrons. The van der Waals surface area contributed by atoms with E-state index < -0.39 is 0 Å². The Morgan fingerprint density at radius 3 is 2.81 bits per heavy atom. The maximum Gasteiger partial charge on any atom is 0.138 e. The van der Waals surface area contributed by atoms with Crippen LogP contribution in [0.15, 0.2) is 48.7 Å². The number of aromatic nitrogens is 1. The number of ether oxygens (including phenoxy) is 1. The van der Waals surface area contributed by atoms with Gasteiger partial charge in [0.25, 0.3) is 0 Å². The number of fused-ring (bicyclic) bond motifs is 1. The van der Waals surface area contributed by atoms with Gasteiger partial charge >= 0.3 is 0 Å². The number of nitrogens with two attached hydrogens (primary N) is 1. The molecule has 0 unspecified atom stereocenters. The first-order valence-corrected chi connectivity index (χ1v) is 6.80. The third-order valence-corrected chi connectivity index (χ3v) is 3.54. The molecule has 106 valence electrons. The number of nitrogens with one attached hydrogen (secondary N) is 1. The Balaban J connectivity index is 2.06. The number of methoxy groups -OCH3 is 1. The molecule has 3 N–H and O–H groups in total. The Labute approximate surface area is 127 Å². The lowest BCUT2D eigenvalue weighted by Gasteiger charge is -2.11. The second kappa shape index (κ2) is 5.50. The lowest BCUT2D eigenvalue weighted by molar-refractivity contribution is 0.415. The number of hydrogen-bond acceptors (Lipinski definition) is 4. The fourth-order valence-electron chi connectivity index (χ4n) is 2.15. The average Bonchev–Trinajstić information content (AvgIpc) is 2.50. The van der Waals surface area contributed by atoms with Crippen LogP contribution >= 0.6 is 11.6 Å². The molecule has 0 spiro atoms. The van der Waals surface area contributed by atoms with Crippen LogP contribution in [0.1, 0.15) is 0 Å². The van der Waals surface area contributed by atoms with Crippen LogP contribution in [-0.2, 0) is 0 Å². The molecule has 0 aliphatic carbocycles. The monoisotopic (exact) mass is 299 g/mol. The molecule has 0 amide bonds. The summed E-state index contributed by atoms with van der Waals surface area (Å²) in [5, 5.41) is 5.84. The predicted molar refractivity (Wildman–Crippen MR) is 87.4 cm³/mol. The third-order valence-electron chi connectivity index (χ3n) is 3.22. The fourth-order valence-corrected chi connectivity index (χ4v) is 2.31. The van der Waals surface area contributed by atoms with E-state index in [-0.39, 0.29) is 0 Å². The van der Waals surface area contributed by atoms with Gasteiger partial charge in [-0.1, -0.05) is 11.6 Å². The largest absolute Gasteiger partial charge is 0.497 e. The molecule has 3 aromatic rings. The van der Waals surface area contributed by atoms with Crippen molar-refractivity contribution < 1.29 is 4.74 Å². The lowest BCUT2D eigenvalue weighted by atomic mass is 10.1. The molecule has 0 bridgehead atoms. The highest BCUT2D eigenvalue weighted by molar-refractivity contribution is 6.33. The topological polar surface area (TPSA) is 60.2 Å². The minimum Gasteiger partial charge on any atom is -0.497 e. The van der Waals surface area contributed by atoms with E-state index in [9.17, 15) is 0 Å². The van der Waals surface area contributed by atoms with E-state index in [2.05, 4.69) is 10.3 Å². The Morgan fingerprint density at radius 2 is 2.00 bits per heavy atom. The number of pyridine rings is 1. The van der Waals surface area contributed by atoms with Gasteiger partial charge in [0, 0.05) is 17.3 Å². The number of hydrogen-bond donors (Lipinski definition) is 2.